The molecule has 0 saturated carbocycles. The van der Waals surface area contributed by atoms with Crippen LogP contribution in [0.25, 0.3) is 11.0 Å². The number of hydrogen-bond donors (Lipinski definition) is 1. The zero-order chi connectivity index (χ0) is 18.8. The third-order valence-electron chi connectivity index (χ3n) is 4.18. The van der Waals surface area contributed by atoms with Crippen molar-refractivity contribution in [2.45, 2.75) is 19.5 Å². The first kappa shape index (κ1) is 17.8. The molecule has 1 heterocycles. The maximum atomic E-state index is 13.6. The highest BCUT2D eigenvalue weighted by atomic mass is 19.3. The van der Waals surface area contributed by atoms with Crippen LogP contribution in [0.3, 0.4) is 0 Å². The van der Waals surface area contributed by atoms with Crippen LogP contribution in [0.1, 0.15) is 35.7 Å². The SMILES string of the molecule is C[C@@H](NC(=O)c1cccc(N(C)C)c1)c1nc2ccccc2n1C(F)F. The molecule has 3 aromatic rings. The van der Waals surface area contributed by atoms with Gasteiger partial charge in [0, 0.05) is 25.3 Å². The molecule has 1 atom stereocenters. The summed E-state index contributed by atoms with van der Waals surface area (Å²) in [7, 11) is 3.76. The lowest BCUT2D eigenvalue weighted by atomic mass is 10.1. The van der Waals surface area contributed by atoms with Gasteiger partial charge in [0.25, 0.3) is 5.91 Å². The number of carbonyl (C=O) groups is 1. The Balaban J connectivity index is 1.89. The minimum atomic E-state index is -2.74. The van der Waals surface area contributed by atoms with E-state index in [-0.39, 0.29) is 11.7 Å². The van der Waals surface area contributed by atoms with Crippen molar-refractivity contribution in [1.29, 1.82) is 0 Å². The lowest BCUT2D eigenvalue weighted by Crippen LogP contribution is -2.29. The van der Waals surface area contributed by atoms with E-state index in [1.807, 2.05) is 25.1 Å². The molecule has 0 fully saturated rings. The quantitative estimate of drug-likeness (QED) is 0.750. The lowest BCUT2D eigenvalue weighted by molar-refractivity contribution is 0.0688. The van der Waals surface area contributed by atoms with Crippen LogP contribution in [-0.4, -0.2) is 29.6 Å². The second kappa shape index (κ2) is 7.11. The first-order valence-electron chi connectivity index (χ1n) is 8.21. The maximum Gasteiger partial charge on any atom is 0.320 e. The number of aromatic nitrogens is 2. The van der Waals surface area contributed by atoms with E-state index in [1.54, 1.807) is 49.4 Å². The summed E-state index contributed by atoms with van der Waals surface area (Å²) < 4.78 is 28.0. The number of rotatable bonds is 5. The second-order valence-corrected chi connectivity index (χ2v) is 6.25. The summed E-state index contributed by atoms with van der Waals surface area (Å²) in [6.07, 6.45) is 0. The predicted octanol–water partition coefficient (Wildman–Crippen LogP) is 3.99. The highest BCUT2D eigenvalue weighted by molar-refractivity contribution is 5.95. The van der Waals surface area contributed by atoms with Crippen molar-refractivity contribution in [3.8, 4) is 0 Å². The van der Waals surface area contributed by atoms with E-state index >= 15 is 0 Å². The summed E-state index contributed by atoms with van der Waals surface area (Å²) in [5.74, 6) is -0.215. The molecule has 0 radical (unpaired) electrons. The van der Waals surface area contributed by atoms with Crippen LogP contribution in [0, 0.1) is 0 Å². The molecule has 0 aliphatic heterocycles. The molecule has 0 bridgehead atoms. The molecule has 1 N–H and O–H groups in total. The number of halogens is 2. The fraction of sp³-hybridized carbons (Fsp3) is 0.263. The van der Waals surface area contributed by atoms with Gasteiger partial charge in [-0.25, -0.2) is 4.98 Å². The summed E-state index contributed by atoms with van der Waals surface area (Å²) in [5.41, 5.74) is 2.15. The molecule has 1 aromatic heterocycles. The molecule has 3 rings (SSSR count). The Labute approximate surface area is 150 Å². The Morgan fingerprint density at radius 3 is 2.58 bits per heavy atom. The fourth-order valence-corrected chi connectivity index (χ4v) is 2.84. The average Bonchev–Trinajstić information content (AvgIpc) is 3.01. The molecule has 2 aromatic carbocycles. The van der Waals surface area contributed by atoms with Crippen molar-refractivity contribution in [3.63, 3.8) is 0 Å². The van der Waals surface area contributed by atoms with Crippen LogP contribution in [0.4, 0.5) is 14.5 Å². The molecule has 7 heteroatoms. The fourth-order valence-electron chi connectivity index (χ4n) is 2.84. The first-order chi connectivity index (χ1) is 12.4. The summed E-state index contributed by atoms with van der Waals surface area (Å²) in [4.78, 5) is 18.7. The van der Waals surface area contributed by atoms with Gasteiger partial charge in [-0.3, -0.25) is 9.36 Å². The minimum absolute atomic E-state index is 0.123. The molecule has 1 amide bonds. The van der Waals surface area contributed by atoms with E-state index in [9.17, 15) is 13.6 Å². The van der Waals surface area contributed by atoms with Crippen LogP contribution < -0.4 is 10.2 Å². The summed E-state index contributed by atoms with van der Waals surface area (Å²) in [5, 5.41) is 2.76. The number of carbonyl (C=O) groups excluding carboxylic acids is 1. The standard InChI is InChI=1S/C19H20F2N4O/c1-12(22-18(26)13-7-6-8-14(11-13)24(2)3)17-23-15-9-4-5-10-16(15)25(17)19(20)21/h4-12,19H,1-3H3,(H,22,26)/t12-/m1/s1. The van der Waals surface area contributed by atoms with Gasteiger partial charge in [-0.1, -0.05) is 18.2 Å². The number of amides is 1. The van der Waals surface area contributed by atoms with Crippen molar-refractivity contribution in [3.05, 3.63) is 59.9 Å². The zero-order valence-corrected chi connectivity index (χ0v) is 14.8. The molecule has 5 nitrogen and oxygen atoms in total. The number of fused-ring (bicyclic) bond motifs is 1. The minimum Gasteiger partial charge on any atom is -0.378 e. The molecule has 136 valence electrons. The van der Waals surface area contributed by atoms with Crippen molar-refractivity contribution < 1.29 is 13.6 Å². The van der Waals surface area contributed by atoms with E-state index < -0.39 is 12.6 Å². The summed E-state index contributed by atoms with van der Waals surface area (Å²) in [6, 6.07) is 13.1. The number of benzene rings is 2. The Morgan fingerprint density at radius 2 is 1.88 bits per heavy atom. The number of para-hydroxylation sites is 2. The van der Waals surface area contributed by atoms with Crippen LogP contribution in [0.2, 0.25) is 0 Å². The van der Waals surface area contributed by atoms with Gasteiger partial charge >= 0.3 is 6.55 Å². The topological polar surface area (TPSA) is 50.2 Å². The third-order valence-corrected chi connectivity index (χ3v) is 4.18. The van der Waals surface area contributed by atoms with Crippen LogP contribution in [-0.2, 0) is 0 Å². The highest BCUT2D eigenvalue weighted by Crippen LogP contribution is 2.26. The largest absolute Gasteiger partial charge is 0.378 e. The number of alkyl halides is 2. The molecule has 0 aliphatic rings. The highest BCUT2D eigenvalue weighted by Gasteiger charge is 2.23. The number of nitrogens with zero attached hydrogens (tertiary/aromatic N) is 3. The lowest BCUT2D eigenvalue weighted by Gasteiger charge is -2.17. The van der Waals surface area contributed by atoms with E-state index in [0.29, 0.717) is 16.6 Å². The molecule has 0 spiro atoms. The molecular formula is C19H20F2N4O. The molecular weight excluding hydrogens is 338 g/mol. The smallest absolute Gasteiger partial charge is 0.320 e. The maximum absolute atomic E-state index is 13.6. The van der Waals surface area contributed by atoms with Gasteiger partial charge in [0.05, 0.1) is 17.1 Å². The second-order valence-electron chi connectivity index (χ2n) is 6.25. The van der Waals surface area contributed by atoms with Gasteiger partial charge in [0.2, 0.25) is 0 Å². The number of imidazole rings is 1. The summed E-state index contributed by atoms with van der Waals surface area (Å²) in [6.45, 7) is -1.10. The summed E-state index contributed by atoms with van der Waals surface area (Å²) >= 11 is 0. The van der Waals surface area contributed by atoms with E-state index in [4.69, 9.17) is 0 Å². The van der Waals surface area contributed by atoms with Gasteiger partial charge < -0.3 is 10.2 Å². The molecule has 0 saturated heterocycles. The number of anilines is 1. The monoisotopic (exact) mass is 358 g/mol. The van der Waals surface area contributed by atoms with Crippen molar-refractivity contribution >= 4 is 22.6 Å². The third kappa shape index (κ3) is 3.37. The normalized spacial score (nSPS) is 12.4. The van der Waals surface area contributed by atoms with Gasteiger partial charge in [-0.2, -0.15) is 8.78 Å². The zero-order valence-electron chi connectivity index (χ0n) is 14.8. The molecule has 26 heavy (non-hydrogen) atoms. The van der Waals surface area contributed by atoms with Gasteiger partial charge in [0.15, 0.2) is 0 Å². The Bertz CT molecular complexity index is 936. The molecule has 0 unspecified atom stereocenters. The van der Waals surface area contributed by atoms with Crippen LogP contribution in [0.15, 0.2) is 48.5 Å². The van der Waals surface area contributed by atoms with Crippen molar-refractivity contribution in [2.24, 2.45) is 0 Å². The Morgan fingerprint density at radius 1 is 1.15 bits per heavy atom. The average molecular weight is 358 g/mol. The number of nitrogens with one attached hydrogen (secondary N) is 1. The van der Waals surface area contributed by atoms with Gasteiger partial charge in [-0.15, -0.1) is 0 Å². The van der Waals surface area contributed by atoms with Crippen LogP contribution >= 0.6 is 0 Å². The van der Waals surface area contributed by atoms with E-state index in [2.05, 4.69) is 10.3 Å². The first-order valence-corrected chi connectivity index (χ1v) is 8.21. The number of hydrogen-bond acceptors (Lipinski definition) is 3. The predicted molar refractivity (Wildman–Crippen MR) is 97.6 cm³/mol. The van der Waals surface area contributed by atoms with Crippen molar-refractivity contribution in [1.82, 2.24) is 14.9 Å². The van der Waals surface area contributed by atoms with Gasteiger partial charge in [0.1, 0.15) is 5.82 Å². The molecule has 0 aliphatic carbocycles. The van der Waals surface area contributed by atoms with E-state index in [1.165, 1.54) is 0 Å². The van der Waals surface area contributed by atoms with Crippen molar-refractivity contribution in [2.75, 3.05) is 19.0 Å². The van der Waals surface area contributed by atoms with Crippen LogP contribution in [0.5, 0.6) is 0 Å². The Kier molecular flexibility index (Phi) is 4.88. The van der Waals surface area contributed by atoms with Gasteiger partial charge in [-0.05, 0) is 37.3 Å². The van der Waals surface area contributed by atoms with E-state index in [0.717, 1.165) is 10.3 Å². The Hall–Kier alpha value is -2.96.